The van der Waals surface area contributed by atoms with E-state index in [0.29, 0.717) is 6.54 Å². The average molecular weight is 258 g/mol. The Hall–Kier alpha value is -0.380. The fourth-order valence-electron chi connectivity index (χ4n) is 1.45. The fourth-order valence-corrected chi connectivity index (χ4v) is 1.72. The van der Waals surface area contributed by atoms with Crippen LogP contribution in [0.25, 0.3) is 0 Å². The zero-order valence-electron chi connectivity index (χ0n) is 8.28. The lowest BCUT2D eigenvalue weighted by atomic mass is 9.94. The number of aliphatic hydroxyl groups excluding tert-OH is 1. The lowest BCUT2D eigenvalue weighted by Crippen LogP contribution is -2.21. The van der Waals surface area contributed by atoms with Crippen LogP contribution in [-0.2, 0) is 0 Å². The Morgan fingerprint density at radius 3 is 2.36 bits per heavy atom. The number of benzene rings is 1. The van der Waals surface area contributed by atoms with Gasteiger partial charge in [-0.25, -0.2) is 0 Å². The van der Waals surface area contributed by atoms with Gasteiger partial charge in [-0.3, -0.25) is 0 Å². The molecule has 0 radical (unpaired) electrons. The molecule has 1 aromatic rings. The van der Waals surface area contributed by atoms with Gasteiger partial charge in [-0.2, -0.15) is 0 Å². The first-order valence-corrected chi connectivity index (χ1v) is 5.62. The highest BCUT2D eigenvalue weighted by Crippen LogP contribution is 2.24. The van der Waals surface area contributed by atoms with Gasteiger partial charge in [0.15, 0.2) is 0 Å². The normalized spacial score (nSPS) is 15.1. The molecule has 1 rings (SSSR count). The number of halogens is 1. The smallest absolute Gasteiger partial charge is 0.0830 e. The molecule has 78 valence electrons. The SMILES string of the molecule is CCC(CN)C(O)c1ccc(Br)cc1. The highest BCUT2D eigenvalue weighted by Gasteiger charge is 2.17. The molecule has 2 nitrogen and oxygen atoms in total. The highest BCUT2D eigenvalue weighted by atomic mass is 79.9. The van der Waals surface area contributed by atoms with Crippen LogP contribution in [0.5, 0.6) is 0 Å². The Bertz CT molecular complexity index is 269. The lowest BCUT2D eigenvalue weighted by Gasteiger charge is -2.20. The van der Waals surface area contributed by atoms with Gasteiger partial charge >= 0.3 is 0 Å². The summed E-state index contributed by atoms with van der Waals surface area (Å²) in [5, 5.41) is 9.98. The standard InChI is InChI=1S/C11H16BrNO/c1-2-8(7-13)11(14)9-3-5-10(12)6-4-9/h3-6,8,11,14H,2,7,13H2,1H3. The molecule has 0 saturated heterocycles. The second kappa shape index (κ2) is 5.49. The Kier molecular flexibility index (Phi) is 4.58. The van der Waals surface area contributed by atoms with Crippen LogP contribution in [0.1, 0.15) is 25.0 Å². The molecule has 0 spiro atoms. The van der Waals surface area contributed by atoms with Crippen LogP contribution in [0.3, 0.4) is 0 Å². The molecule has 2 unspecified atom stereocenters. The van der Waals surface area contributed by atoms with E-state index in [2.05, 4.69) is 15.9 Å². The minimum atomic E-state index is -0.446. The zero-order chi connectivity index (χ0) is 10.6. The molecule has 0 aliphatic carbocycles. The van der Waals surface area contributed by atoms with Gasteiger partial charge in [0.2, 0.25) is 0 Å². The van der Waals surface area contributed by atoms with E-state index >= 15 is 0 Å². The highest BCUT2D eigenvalue weighted by molar-refractivity contribution is 9.10. The summed E-state index contributed by atoms with van der Waals surface area (Å²) < 4.78 is 1.02. The molecule has 3 heteroatoms. The third-order valence-electron chi connectivity index (χ3n) is 2.49. The van der Waals surface area contributed by atoms with Crippen LogP contribution in [-0.4, -0.2) is 11.7 Å². The molecule has 2 atom stereocenters. The van der Waals surface area contributed by atoms with Gasteiger partial charge in [-0.15, -0.1) is 0 Å². The zero-order valence-corrected chi connectivity index (χ0v) is 9.87. The Balaban J connectivity index is 2.77. The Morgan fingerprint density at radius 2 is 1.93 bits per heavy atom. The Labute approximate surface area is 93.3 Å². The van der Waals surface area contributed by atoms with Crippen LogP contribution < -0.4 is 5.73 Å². The van der Waals surface area contributed by atoms with Crippen molar-refractivity contribution in [2.24, 2.45) is 11.7 Å². The van der Waals surface area contributed by atoms with E-state index in [1.807, 2.05) is 31.2 Å². The van der Waals surface area contributed by atoms with E-state index in [-0.39, 0.29) is 5.92 Å². The second-order valence-corrected chi connectivity index (χ2v) is 4.32. The third kappa shape index (κ3) is 2.80. The fraction of sp³-hybridized carbons (Fsp3) is 0.455. The van der Waals surface area contributed by atoms with Gasteiger partial charge in [0.25, 0.3) is 0 Å². The van der Waals surface area contributed by atoms with Gasteiger partial charge in [0.05, 0.1) is 6.10 Å². The number of hydrogen-bond donors (Lipinski definition) is 2. The maximum atomic E-state index is 9.98. The first-order chi connectivity index (χ1) is 6.69. The van der Waals surface area contributed by atoms with Crippen molar-refractivity contribution in [3.8, 4) is 0 Å². The van der Waals surface area contributed by atoms with Crippen molar-refractivity contribution in [2.45, 2.75) is 19.4 Å². The number of rotatable bonds is 4. The largest absolute Gasteiger partial charge is 0.388 e. The minimum Gasteiger partial charge on any atom is -0.388 e. The summed E-state index contributed by atoms with van der Waals surface area (Å²) >= 11 is 3.36. The van der Waals surface area contributed by atoms with Gasteiger partial charge < -0.3 is 10.8 Å². The topological polar surface area (TPSA) is 46.2 Å². The molecule has 1 aromatic carbocycles. The monoisotopic (exact) mass is 257 g/mol. The first-order valence-electron chi connectivity index (χ1n) is 4.82. The predicted molar refractivity (Wildman–Crippen MR) is 61.9 cm³/mol. The summed E-state index contributed by atoms with van der Waals surface area (Å²) in [4.78, 5) is 0. The lowest BCUT2D eigenvalue weighted by molar-refractivity contribution is 0.110. The molecule has 0 aliphatic heterocycles. The molecule has 0 aliphatic rings. The van der Waals surface area contributed by atoms with Crippen molar-refractivity contribution in [3.63, 3.8) is 0 Å². The summed E-state index contributed by atoms with van der Waals surface area (Å²) in [5.41, 5.74) is 6.52. The average Bonchev–Trinajstić information content (AvgIpc) is 2.20. The molecule has 0 amide bonds. The maximum absolute atomic E-state index is 9.98. The molecule has 0 fully saturated rings. The van der Waals surface area contributed by atoms with Crippen molar-refractivity contribution in [2.75, 3.05) is 6.54 Å². The molecular weight excluding hydrogens is 242 g/mol. The number of aliphatic hydroxyl groups is 1. The van der Waals surface area contributed by atoms with Crippen molar-refractivity contribution < 1.29 is 5.11 Å². The van der Waals surface area contributed by atoms with Crippen molar-refractivity contribution in [1.29, 1.82) is 0 Å². The van der Waals surface area contributed by atoms with E-state index < -0.39 is 6.10 Å². The third-order valence-corrected chi connectivity index (χ3v) is 3.01. The van der Waals surface area contributed by atoms with E-state index in [0.717, 1.165) is 16.5 Å². The predicted octanol–water partition coefficient (Wildman–Crippen LogP) is 2.47. The van der Waals surface area contributed by atoms with Crippen LogP contribution >= 0.6 is 15.9 Å². The van der Waals surface area contributed by atoms with Crippen LogP contribution in [0.2, 0.25) is 0 Å². The molecular formula is C11H16BrNO. The number of hydrogen-bond acceptors (Lipinski definition) is 2. The summed E-state index contributed by atoms with van der Waals surface area (Å²) in [7, 11) is 0. The van der Waals surface area contributed by atoms with Crippen LogP contribution in [0, 0.1) is 5.92 Å². The maximum Gasteiger partial charge on any atom is 0.0830 e. The van der Waals surface area contributed by atoms with E-state index in [1.165, 1.54) is 0 Å². The summed E-state index contributed by atoms with van der Waals surface area (Å²) in [5.74, 6) is 0.149. The van der Waals surface area contributed by atoms with Gasteiger partial charge in [0.1, 0.15) is 0 Å². The Morgan fingerprint density at radius 1 is 1.36 bits per heavy atom. The van der Waals surface area contributed by atoms with Crippen molar-refractivity contribution in [3.05, 3.63) is 34.3 Å². The molecule has 0 bridgehead atoms. The molecule has 0 saturated carbocycles. The molecule has 14 heavy (non-hydrogen) atoms. The van der Waals surface area contributed by atoms with E-state index in [1.54, 1.807) is 0 Å². The second-order valence-electron chi connectivity index (χ2n) is 3.40. The van der Waals surface area contributed by atoms with Crippen LogP contribution in [0.15, 0.2) is 28.7 Å². The summed E-state index contributed by atoms with van der Waals surface area (Å²) in [6.07, 6.45) is 0.450. The van der Waals surface area contributed by atoms with E-state index in [4.69, 9.17) is 5.73 Å². The van der Waals surface area contributed by atoms with Gasteiger partial charge in [0, 0.05) is 10.4 Å². The first kappa shape index (κ1) is 11.7. The van der Waals surface area contributed by atoms with Crippen LogP contribution in [0.4, 0.5) is 0 Å². The number of nitrogens with two attached hydrogens (primary N) is 1. The molecule has 0 heterocycles. The minimum absolute atomic E-state index is 0.149. The quantitative estimate of drug-likeness (QED) is 0.871. The van der Waals surface area contributed by atoms with Crippen molar-refractivity contribution in [1.82, 2.24) is 0 Å². The summed E-state index contributed by atoms with van der Waals surface area (Å²) in [6, 6.07) is 7.71. The van der Waals surface area contributed by atoms with Gasteiger partial charge in [-0.05, 0) is 30.7 Å². The van der Waals surface area contributed by atoms with E-state index in [9.17, 15) is 5.11 Å². The molecule has 3 N–H and O–H groups in total. The summed E-state index contributed by atoms with van der Waals surface area (Å²) in [6.45, 7) is 2.56. The molecule has 0 aromatic heterocycles. The van der Waals surface area contributed by atoms with Crippen molar-refractivity contribution >= 4 is 15.9 Å². The van der Waals surface area contributed by atoms with Gasteiger partial charge in [-0.1, -0.05) is 35.0 Å².